The highest BCUT2D eigenvalue weighted by Gasteiger charge is 2.33. The van der Waals surface area contributed by atoms with E-state index in [1.165, 1.54) is 15.9 Å². The van der Waals surface area contributed by atoms with Crippen LogP contribution in [0.15, 0.2) is 69.6 Å². The number of ether oxygens (including phenoxy) is 2. The van der Waals surface area contributed by atoms with Gasteiger partial charge in [0, 0.05) is 5.02 Å². The van der Waals surface area contributed by atoms with Crippen molar-refractivity contribution in [3.8, 4) is 5.75 Å². The number of hydrogen-bond donors (Lipinski definition) is 1. The Balaban J connectivity index is 1.81. The lowest BCUT2D eigenvalue weighted by Gasteiger charge is -2.24. The molecular weight excluding hydrogens is 492 g/mol. The topological polar surface area (TPSA) is 107 Å². The van der Waals surface area contributed by atoms with E-state index in [2.05, 4.69) is 4.99 Å². The van der Waals surface area contributed by atoms with Crippen molar-refractivity contribution in [2.75, 3.05) is 13.2 Å². The van der Waals surface area contributed by atoms with Crippen molar-refractivity contribution in [3.05, 3.63) is 95.6 Å². The summed E-state index contributed by atoms with van der Waals surface area (Å²) in [6, 6.07) is 13.0. The Morgan fingerprint density at radius 1 is 1.17 bits per heavy atom. The summed E-state index contributed by atoms with van der Waals surface area (Å²) in [5.74, 6) is -1.19. The zero-order chi connectivity index (χ0) is 25.1. The van der Waals surface area contributed by atoms with Gasteiger partial charge in [0.2, 0.25) is 0 Å². The van der Waals surface area contributed by atoms with E-state index in [1.807, 2.05) is 0 Å². The molecule has 0 aliphatic carbocycles. The number of carboxylic acid groups (broad SMARTS) is 1. The number of nitrogens with zero attached hydrogens (tertiary/aromatic N) is 2. The van der Waals surface area contributed by atoms with Crippen molar-refractivity contribution < 1.29 is 24.2 Å². The fraction of sp³-hybridized carbons (Fsp3) is 0.200. The minimum absolute atomic E-state index is 0.194. The summed E-state index contributed by atoms with van der Waals surface area (Å²) in [4.78, 5) is 42.1. The van der Waals surface area contributed by atoms with E-state index in [-0.39, 0.29) is 12.2 Å². The van der Waals surface area contributed by atoms with Crippen LogP contribution in [0.25, 0.3) is 6.08 Å². The fourth-order valence-electron chi connectivity index (χ4n) is 3.71. The van der Waals surface area contributed by atoms with Gasteiger partial charge in [0.05, 0.1) is 28.5 Å². The highest BCUT2D eigenvalue weighted by molar-refractivity contribution is 7.07. The first-order chi connectivity index (χ1) is 16.8. The molecule has 1 aromatic heterocycles. The number of carbonyl (C=O) groups is 2. The average molecular weight is 513 g/mol. The molecular formula is C25H21ClN2O6S. The van der Waals surface area contributed by atoms with Crippen molar-refractivity contribution in [3.63, 3.8) is 0 Å². The minimum Gasteiger partial charge on any atom is -0.482 e. The Bertz CT molecular complexity index is 1490. The zero-order valence-corrected chi connectivity index (χ0v) is 20.4. The molecule has 0 amide bonds. The predicted molar refractivity (Wildman–Crippen MR) is 131 cm³/mol. The number of hydrogen-bond acceptors (Lipinski definition) is 7. The second-order valence-corrected chi connectivity index (χ2v) is 9.05. The van der Waals surface area contributed by atoms with Crippen LogP contribution in [0.2, 0.25) is 5.02 Å². The van der Waals surface area contributed by atoms with E-state index in [4.69, 9.17) is 26.2 Å². The first-order valence-electron chi connectivity index (χ1n) is 10.7. The van der Waals surface area contributed by atoms with Gasteiger partial charge in [-0.3, -0.25) is 9.36 Å². The molecule has 1 aliphatic heterocycles. The van der Waals surface area contributed by atoms with E-state index in [0.717, 1.165) is 5.56 Å². The van der Waals surface area contributed by atoms with Crippen LogP contribution in [0.3, 0.4) is 0 Å². The number of halogens is 1. The molecule has 0 bridgehead atoms. The molecule has 0 saturated carbocycles. The molecule has 1 unspecified atom stereocenters. The van der Waals surface area contributed by atoms with Crippen molar-refractivity contribution in [2.24, 2.45) is 4.99 Å². The first-order valence-corrected chi connectivity index (χ1v) is 11.9. The Kier molecular flexibility index (Phi) is 7.18. The second-order valence-electron chi connectivity index (χ2n) is 7.61. The third kappa shape index (κ3) is 5.21. The fourth-order valence-corrected chi connectivity index (χ4v) is 4.88. The third-order valence-electron chi connectivity index (χ3n) is 5.24. The predicted octanol–water partition coefficient (Wildman–Crippen LogP) is 2.92. The Hall–Kier alpha value is -3.69. The quantitative estimate of drug-likeness (QED) is 0.488. The largest absolute Gasteiger partial charge is 0.482 e. The molecule has 1 aliphatic rings. The smallest absolute Gasteiger partial charge is 0.341 e. The van der Waals surface area contributed by atoms with Crippen molar-refractivity contribution in [1.29, 1.82) is 0 Å². The molecule has 2 aromatic carbocycles. The van der Waals surface area contributed by atoms with E-state index >= 15 is 0 Å². The maximum absolute atomic E-state index is 13.5. The molecule has 0 radical (unpaired) electrons. The number of thiazole rings is 1. The summed E-state index contributed by atoms with van der Waals surface area (Å²) >= 11 is 7.28. The second kappa shape index (κ2) is 10.3. The number of allylic oxidation sites excluding steroid dienone is 1. The number of esters is 1. The summed E-state index contributed by atoms with van der Waals surface area (Å²) < 4.78 is 12.4. The lowest BCUT2D eigenvalue weighted by molar-refractivity contribution is -0.140. The lowest BCUT2D eigenvalue weighted by atomic mass is 9.96. The van der Waals surface area contributed by atoms with Crippen LogP contribution in [0.5, 0.6) is 5.75 Å². The minimum atomic E-state index is -1.07. The van der Waals surface area contributed by atoms with Crippen molar-refractivity contribution in [2.45, 2.75) is 19.9 Å². The van der Waals surface area contributed by atoms with Crippen molar-refractivity contribution in [1.82, 2.24) is 4.57 Å². The molecule has 1 N–H and O–H groups in total. The number of fused-ring (bicyclic) bond motifs is 1. The average Bonchev–Trinajstić information content (AvgIpc) is 3.12. The van der Waals surface area contributed by atoms with Gasteiger partial charge < -0.3 is 14.6 Å². The molecule has 4 rings (SSSR count). The molecule has 3 aromatic rings. The molecule has 0 fully saturated rings. The Labute approximate surface area is 209 Å². The van der Waals surface area contributed by atoms with Crippen LogP contribution in [0.1, 0.15) is 31.0 Å². The van der Waals surface area contributed by atoms with E-state index in [9.17, 15) is 14.4 Å². The molecule has 0 saturated heterocycles. The Morgan fingerprint density at radius 2 is 1.86 bits per heavy atom. The number of aromatic nitrogens is 1. The van der Waals surface area contributed by atoms with Crippen LogP contribution in [-0.2, 0) is 14.3 Å². The van der Waals surface area contributed by atoms with Crippen LogP contribution in [-0.4, -0.2) is 34.8 Å². The van der Waals surface area contributed by atoms with Gasteiger partial charge in [0.1, 0.15) is 5.75 Å². The summed E-state index contributed by atoms with van der Waals surface area (Å²) in [5, 5.41) is 9.28. The maximum Gasteiger partial charge on any atom is 0.341 e. The van der Waals surface area contributed by atoms with Crippen LogP contribution >= 0.6 is 22.9 Å². The van der Waals surface area contributed by atoms with Gasteiger partial charge in [-0.25, -0.2) is 14.6 Å². The molecule has 10 heteroatoms. The Morgan fingerprint density at radius 3 is 2.49 bits per heavy atom. The van der Waals surface area contributed by atoms with Gasteiger partial charge in [0.15, 0.2) is 11.4 Å². The maximum atomic E-state index is 13.5. The molecule has 1 atom stereocenters. The zero-order valence-electron chi connectivity index (χ0n) is 18.9. The van der Waals surface area contributed by atoms with Gasteiger partial charge in [-0.05, 0) is 55.3 Å². The first kappa shape index (κ1) is 24.4. The number of carbonyl (C=O) groups excluding carboxylic acids is 1. The third-order valence-corrected chi connectivity index (χ3v) is 6.48. The van der Waals surface area contributed by atoms with Crippen LogP contribution in [0, 0.1) is 0 Å². The van der Waals surface area contributed by atoms with Crippen LogP contribution < -0.4 is 19.6 Å². The summed E-state index contributed by atoms with van der Waals surface area (Å²) in [5.41, 5.74) is 1.92. The lowest BCUT2D eigenvalue weighted by Crippen LogP contribution is -2.39. The molecule has 2 heterocycles. The highest BCUT2D eigenvalue weighted by Crippen LogP contribution is 2.31. The number of rotatable bonds is 7. The van der Waals surface area contributed by atoms with Gasteiger partial charge in [-0.1, -0.05) is 47.2 Å². The number of aliphatic carboxylic acids is 1. The van der Waals surface area contributed by atoms with Gasteiger partial charge in [0.25, 0.3) is 5.56 Å². The molecule has 8 nitrogen and oxygen atoms in total. The summed E-state index contributed by atoms with van der Waals surface area (Å²) in [6.07, 6.45) is 1.72. The van der Waals surface area contributed by atoms with Crippen molar-refractivity contribution >= 4 is 41.0 Å². The number of carboxylic acids is 1. The van der Waals surface area contributed by atoms with Gasteiger partial charge in [-0.2, -0.15) is 0 Å². The monoisotopic (exact) mass is 512 g/mol. The SMILES string of the molecule is CCOC(=O)C1=C(C)N=c2s/c(=C/c3ccc(OCC(=O)O)cc3)c(=O)n2C1c1ccc(Cl)cc1. The molecule has 180 valence electrons. The highest BCUT2D eigenvalue weighted by atomic mass is 35.5. The molecule has 35 heavy (non-hydrogen) atoms. The summed E-state index contributed by atoms with van der Waals surface area (Å²) in [7, 11) is 0. The van der Waals surface area contributed by atoms with E-state index in [0.29, 0.717) is 36.9 Å². The summed E-state index contributed by atoms with van der Waals surface area (Å²) in [6.45, 7) is 3.20. The normalized spacial score (nSPS) is 15.4. The van der Waals surface area contributed by atoms with Gasteiger partial charge >= 0.3 is 11.9 Å². The number of benzene rings is 2. The van der Waals surface area contributed by atoms with Crippen LogP contribution in [0.4, 0.5) is 0 Å². The molecule has 0 spiro atoms. The standard InChI is InChI=1S/C25H21ClN2O6S/c1-3-33-24(32)21-14(2)27-25-28(22(21)16-6-8-17(26)9-7-16)23(31)19(35-25)12-15-4-10-18(11-5-15)34-13-20(29)30/h4-12,22H,3,13H2,1-2H3,(H,29,30)/b19-12+. The van der Waals surface area contributed by atoms with E-state index in [1.54, 1.807) is 68.5 Å². The van der Waals surface area contributed by atoms with Gasteiger partial charge in [-0.15, -0.1) is 0 Å². The van der Waals surface area contributed by atoms with E-state index < -0.39 is 24.6 Å².